The van der Waals surface area contributed by atoms with Gasteiger partial charge in [0.15, 0.2) is 5.84 Å². The Labute approximate surface area is 107 Å². The molecule has 0 atom stereocenters. The lowest BCUT2D eigenvalue weighted by atomic mass is 10.2. The number of hydrogen-bond donors (Lipinski definition) is 2. The van der Waals surface area contributed by atoms with E-state index in [1.165, 1.54) is 6.26 Å². The van der Waals surface area contributed by atoms with Crippen LogP contribution in [0.15, 0.2) is 29.4 Å². The van der Waals surface area contributed by atoms with Crippen molar-refractivity contribution < 1.29 is 13.6 Å². The second-order valence-corrected chi connectivity index (χ2v) is 6.34. The molecule has 0 saturated carbocycles. The molecule has 0 aliphatic heterocycles. The summed E-state index contributed by atoms with van der Waals surface area (Å²) in [5.74, 6) is 0.145. The second kappa shape index (κ2) is 5.72. The summed E-state index contributed by atoms with van der Waals surface area (Å²) in [6, 6.07) is 6.99. The molecular weight excluding hydrogens is 254 g/mol. The highest BCUT2D eigenvalue weighted by Gasteiger charge is 2.07. The fourth-order valence-corrected chi connectivity index (χ4v) is 1.98. The van der Waals surface area contributed by atoms with E-state index >= 15 is 0 Å². The van der Waals surface area contributed by atoms with Gasteiger partial charge in [0.05, 0.1) is 5.75 Å². The minimum atomic E-state index is -2.97. The topological polar surface area (TPSA) is 96.0 Å². The molecule has 0 aliphatic rings. The first-order chi connectivity index (χ1) is 8.33. The highest BCUT2D eigenvalue weighted by molar-refractivity contribution is 7.90. The Morgan fingerprint density at radius 3 is 2.39 bits per heavy atom. The lowest BCUT2D eigenvalue weighted by Crippen LogP contribution is -2.24. The molecule has 100 valence electrons. The minimum Gasteiger partial charge on any atom is -0.409 e. The van der Waals surface area contributed by atoms with Gasteiger partial charge in [-0.25, -0.2) is 8.42 Å². The van der Waals surface area contributed by atoms with Crippen LogP contribution in [0.1, 0.15) is 5.56 Å². The van der Waals surface area contributed by atoms with Crippen molar-refractivity contribution in [2.45, 2.75) is 0 Å². The Balaban J connectivity index is 2.73. The summed E-state index contributed by atoms with van der Waals surface area (Å²) >= 11 is 0. The summed E-state index contributed by atoms with van der Waals surface area (Å²) < 4.78 is 22.1. The molecule has 0 heterocycles. The number of hydrogen-bond acceptors (Lipinski definition) is 5. The molecule has 0 aromatic heterocycles. The van der Waals surface area contributed by atoms with E-state index in [0.717, 1.165) is 5.69 Å². The van der Waals surface area contributed by atoms with E-state index in [4.69, 9.17) is 10.9 Å². The number of benzene rings is 1. The van der Waals surface area contributed by atoms with Crippen molar-refractivity contribution in [2.75, 3.05) is 30.5 Å². The zero-order chi connectivity index (χ0) is 13.8. The van der Waals surface area contributed by atoms with Crippen LogP contribution in [0.4, 0.5) is 5.69 Å². The first-order valence-corrected chi connectivity index (χ1v) is 7.36. The third-order valence-electron chi connectivity index (χ3n) is 2.51. The fraction of sp³-hybridized carbons (Fsp3) is 0.364. The van der Waals surface area contributed by atoms with Crippen LogP contribution in [-0.2, 0) is 9.84 Å². The molecule has 1 rings (SSSR count). The van der Waals surface area contributed by atoms with Gasteiger partial charge in [-0.2, -0.15) is 0 Å². The fourth-order valence-electron chi connectivity index (χ4n) is 1.38. The van der Waals surface area contributed by atoms with Crippen LogP contribution in [-0.4, -0.2) is 45.1 Å². The third kappa shape index (κ3) is 4.25. The molecule has 0 amide bonds. The quantitative estimate of drug-likeness (QED) is 0.347. The van der Waals surface area contributed by atoms with Gasteiger partial charge in [-0.15, -0.1) is 0 Å². The predicted molar refractivity (Wildman–Crippen MR) is 71.9 cm³/mol. The lowest BCUT2D eigenvalue weighted by molar-refractivity contribution is 0.318. The van der Waals surface area contributed by atoms with Crippen molar-refractivity contribution in [1.29, 1.82) is 0 Å². The van der Waals surface area contributed by atoms with Crippen molar-refractivity contribution in [1.82, 2.24) is 0 Å². The maximum Gasteiger partial charge on any atom is 0.170 e. The highest BCUT2D eigenvalue weighted by Crippen LogP contribution is 2.13. The number of anilines is 1. The number of nitrogens with zero attached hydrogens (tertiary/aromatic N) is 2. The molecule has 0 unspecified atom stereocenters. The molecule has 18 heavy (non-hydrogen) atoms. The second-order valence-electron chi connectivity index (χ2n) is 4.08. The monoisotopic (exact) mass is 271 g/mol. The number of sulfone groups is 1. The molecule has 6 nitrogen and oxygen atoms in total. The van der Waals surface area contributed by atoms with E-state index in [0.29, 0.717) is 12.1 Å². The third-order valence-corrected chi connectivity index (χ3v) is 3.43. The van der Waals surface area contributed by atoms with Gasteiger partial charge < -0.3 is 15.8 Å². The van der Waals surface area contributed by atoms with Gasteiger partial charge in [-0.1, -0.05) is 5.16 Å². The molecular formula is C11H17N3O3S. The maximum atomic E-state index is 11.1. The molecule has 0 bridgehead atoms. The Morgan fingerprint density at radius 2 is 1.94 bits per heavy atom. The van der Waals surface area contributed by atoms with Gasteiger partial charge in [0.2, 0.25) is 0 Å². The Kier molecular flexibility index (Phi) is 4.55. The summed E-state index contributed by atoms with van der Waals surface area (Å²) in [6.07, 6.45) is 1.21. The van der Waals surface area contributed by atoms with E-state index in [9.17, 15) is 8.42 Å². The van der Waals surface area contributed by atoms with Gasteiger partial charge in [0.25, 0.3) is 0 Å². The highest BCUT2D eigenvalue weighted by atomic mass is 32.2. The summed E-state index contributed by atoms with van der Waals surface area (Å²) in [6.45, 7) is 0.418. The average Bonchev–Trinajstić information content (AvgIpc) is 2.34. The van der Waals surface area contributed by atoms with Crippen LogP contribution in [0.2, 0.25) is 0 Å². The Bertz CT molecular complexity index is 523. The molecule has 1 aromatic rings. The van der Waals surface area contributed by atoms with Crippen LogP contribution < -0.4 is 10.6 Å². The van der Waals surface area contributed by atoms with Crippen LogP contribution >= 0.6 is 0 Å². The molecule has 0 radical (unpaired) electrons. The Hall–Kier alpha value is -1.76. The van der Waals surface area contributed by atoms with Crippen molar-refractivity contribution >= 4 is 21.4 Å². The Morgan fingerprint density at radius 1 is 1.39 bits per heavy atom. The zero-order valence-corrected chi connectivity index (χ0v) is 11.2. The first kappa shape index (κ1) is 14.3. The predicted octanol–water partition coefficient (Wildman–Crippen LogP) is 0.262. The van der Waals surface area contributed by atoms with Crippen molar-refractivity contribution in [2.24, 2.45) is 10.9 Å². The van der Waals surface area contributed by atoms with E-state index in [1.54, 1.807) is 24.3 Å². The SMILES string of the molecule is CN(CCS(C)(=O)=O)c1ccc(C(N)=NO)cc1. The number of nitrogens with two attached hydrogens (primary N) is 1. The largest absolute Gasteiger partial charge is 0.409 e. The van der Waals surface area contributed by atoms with Crippen molar-refractivity contribution in [3.05, 3.63) is 29.8 Å². The lowest BCUT2D eigenvalue weighted by Gasteiger charge is -2.18. The summed E-state index contributed by atoms with van der Waals surface area (Å²) in [5, 5.41) is 11.4. The van der Waals surface area contributed by atoms with E-state index in [2.05, 4.69) is 5.16 Å². The average molecular weight is 271 g/mol. The maximum absolute atomic E-state index is 11.1. The van der Waals surface area contributed by atoms with Gasteiger partial charge >= 0.3 is 0 Å². The van der Waals surface area contributed by atoms with Crippen LogP contribution in [0.5, 0.6) is 0 Å². The van der Waals surface area contributed by atoms with Gasteiger partial charge in [0.1, 0.15) is 9.84 Å². The molecule has 7 heteroatoms. The molecule has 0 aliphatic carbocycles. The van der Waals surface area contributed by atoms with Crippen molar-refractivity contribution in [3.8, 4) is 0 Å². The molecule has 3 N–H and O–H groups in total. The molecule has 0 fully saturated rings. The minimum absolute atomic E-state index is 0.0420. The summed E-state index contributed by atoms with van der Waals surface area (Å²) in [4.78, 5) is 1.83. The number of amidine groups is 1. The smallest absolute Gasteiger partial charge is 0.170 e. The van der Waals surface area contributed by atoms with E-state index < -0.39 is 9.84 Å². The standard InChI is InChI=1S/C11H17N3O3S/c1-14(7-8-18(2,16)17)10-5-3-9(4-6-10)11(12)13-15/h3-6,15H,7-8H2,1-2H3,(H2,12,13). The number of oxime groups is 1. The summed E-state index contributed by atoms with van der Waals surface area (Å²) in [7, 11) is -1.16. The summed E-state index contributed by atoms with van der Waals surface area (Å²) in [5.41, 5.74) is 6.92. The van der Waals surface area contributed by atoms with Gasteiger partial charge in [0, 0.05) is 31.1 Å². The van der Waals surface area contributed by atoms with Crippen LogP contribution in [0, 0.1) is 0 Å². The van der Waals surface area contributed by atoms with Crippen LogP contribution in [0.25, 0.3) is 0 Å². The normalized spacial score (nSPS) is 12.4. The molecule has 0 spiro atoms. The molecule has 0 saturated heterocycles. The van der Waals surface area contributed by atoms with Gasteiger partial charge in [-0.05, 0) is 24.3 Å². The van der Waals surface area contributed by atoms with Gasteiger partial charge in [-0.3, -0.25) is 0 Å². The zero-order valence-electron chi connectivity index (χ0n) is 10.4. The first-order valence-electron chi connectivity index (χ1n) is 5.30. The van der Waals surface area contributed by atoms with E-state index in [-0.39, 0.29) is 11.6 Å². The van der Waals surface area contributed by atoms with Crippen LogP contribution in [0.3, 0.4) is 0 Å². The number of rotatable bonds is 5. The van der Waals surface area contributed by atoms with E-state index in [1.807, 2.05) is 11.9 Å². The van der Waals surface area contributed by atoms with Crippen molar-refractivity contribution in [3.63, 3.8) is 0 Å². The molecule has 1 aromatic carbocycles.